The van der Waals surface area contributed by atoms with Crippen molar-refractivity contribution in [2.75, 3.05) is 6.54 Å². The largest absolute Gasteiger partial charge is 0.339 e. The van der Waals surface area contributed by atoms with Gasteiger partial charge in [0.05, 0.1) is 12.0 Å². The fourth-order valence-corrected chi connectivity index (χ4v) is 4.20. The lowest BCUT2D eigenvalue weighted by atomic mass is 10.1. The summed E-state index contributed by atoms with van der Waals surface area (Å²) in [5, 5.41) is 3.97. The Labute approximate surface area is 155 Å². The predicted molar refractivity (Wildman–Crippen MR) is 96.3 cm³/mol. The molecule has 2 atom stereocenters. The maximum absolute atomic E-state index is 13.4. The van der Waals surface area contributed by atoms with Crippen molar-refractivity contribution in [2.45, 2.75) is 31.2 Å². The van der Waals surface area contributed by atoms with Crippen molar-refractivity contribution >= 4 is 5.91 Å². The summed E-state index contributed by atoms with van der Waals surface area (Å²) in [5.41, 5.74) is 3.14. The van der Waals surface area contributed by atoms with Crippen LogP contribution in [0.4, 0.5) is 4.39 Å². The highest BCUT2D eigenvalue weighted by molar-refractivity contribution is 5.80. The van der Waals surface area contributed by atoms with Crippen LogP contribution in [0.15, 0.2) is 53.1 Å². The second-order valence-corrected chi connectivity index (χ2v) is 7.17. The molecule has 1 saturated heterocycles. The summed E-state index contributed by atoms with van der Waals surface area (Å²) in [4.78, 5) is 19.0. The number of hydrogen-bond donors (Lipinski definition) is 0. The summed E-state index contributed by atoms with van der Waals surface area (Å²) in [6, 6.07) is 14.5. The Morgan fingerprint density at radius 1 is 1.15 bits per heavy atom. The van der Waals surface area contributed by atoms with Gasteiger partial charge in [-0.15, -0.1) is 0 Å². The summed E-state index contributed by atoms with van der Waals surface area (Å²) in [6.07, 6.45) is 2.32. The van der Waals surface area contributed by atoms with Gasteiger partial charge in [-0.05, 0) is 36.1 Å². The van der Waals surface area contributed by atoms with Crippen LogP contribution in [0.5, 0.6) is 0 Å². The topological polar surface area (TPSA) is 59.2 Å². The average molecular weight is 363 g/mol. The van der Waals surface area contributed by atoms with Crippen molar-refractivity contribution in [3.63, 3.8) is 0 Å². The molecule has 2 heterocycles. The normalized spacial score (nSPS) is 21.7. The fraction of sp³-hybridized carbons (Fsp3) is 0.286. The lowest BCUT2D eigenvalue weighted by Gasteiger charge is -2.25. The predicted octanol–water partition coefficient (Wildman–Crippen LogP) is 3.88. The number of carbonyl (C=O) groups excluding carboxylic acids is 1. The molecule has 136 valence electrons. The first-order valence-electron chi connectivity index (χ1n) is 9.16. The molecule has 2 aromatic carbocycles. The van der Waals surface area contributed by atoms with Crippen LogP contribution in [0, 0.1) is 5.82 Å². The molecule has 0 N–H and O–H groups in total. The van der Waals surface area contributed by atoms with Crippen LogP contribution < -0.4 is 0 Å². The average Bonchev–Trinajstić information content (AvgIpc) is 3.39. The highest BCUT2D eigenvalue weighted by atomic mass is 19.1. The van der Waals surface area contributed by atoms with E-state index in [1.165, 1.54) is 23.3 Å². The number of rotatable bonds is 3. The number of hydrogen-bond acceptors (Lipinski definition) is 4. The molecule has 6 heteroatoms. The molecule has 1 aliphatic heterocycles. The molecule has 5 nitrogen and oxygen atoms in total. The molecule has 3 aromatic rings. The lowest BCUT2D eigenvalue weighted by molar-refractivity contribution is -0.129. The first-order valence-corrected chi connectivity index (χ1v) is 9.16. The quantitative estimate of drug-likeness (QED) is 0.709. The second kappa shape index (κ2) is 6.30. The van der Waals surface area contributed by atoms with Crippen LogP contribution in [-0.4, -0.2) is 27.5 Å². The van der Waals surface area contributed by atoms with E-state index in [9.17, 15) is 9.18 Å². The number of amides is 1. The Kier molecular flexibility index (Phi) is 3.77. The van der Waals surface area contributed by atoms with E-state index in [1.54, 1.807) is 12.1 Å². The van der Waals surface area contributed by atoms with Crippen LogP contribution in [0.3, 0.4) is 0 Å². The molecule has 0 saturated carbocycles. The van der Waals surface area contributed by atoms with E-state index in [0.29, 0.717) is 30.2 Å². The summed E-state index contributed by atoms with van der Waals surface area (Å²) in [5.74, 6) is 0.436. The molecule has 1 fully saturated rings. The highest BCUT2D eigenvalue weighted by Crippen LogP contribution is 2.40. The Morgan fingerprint density at radius 3 is 2.93 bits per heavy atom. The molecule has 5 rings (SSSR count). The van der Waals surface area contributed by atoms with Crippen LogP contribution in [0.1, 0.15) is 41.8 Å². The van der Waals surface area contributed by atoms with Gasteiger partial charge in [-0.25, -0.2) is 4.39 Å². The molecule has 2 unspecified atom stereocenters. The first kappa shape index (κ1) is 16.2. The molecular formula is C21H18FN3O2. The number of benzene rings is 2. The summed E-state index contributed by atoms with van der Waals surface area (Å²) < 4.78 is 18.8. The monoisotopic (exact) mass is 363 g/mol. The Balaban J connectivity index is 1.37. The van der Waals surface area contributed by atoms with Gasteiger partial charge >= 0.3 is 0 Å². The van der Waals surface area contributed by atoms with E-state index in [0.717, 1.165) is 12.8 Å². The molecule has 0 spiro atoms. The number of fused-ring (bicyclic) bond motifs is 1. The third-order valence-corrected chi connectivity index (χ3v) is 5.51. The van der Waals surface area contributed by atoms with Crippen LogP contribution in [0.2, 0.25) is 0 Å². The first-order chi connectivity index (χ1) is 13.2. The van der Waals surface area contributed by atoms with Crippen molar-refractivity contribution in [1.29, 1.82) is 0 Å². The molecule has 0 bridgehead atoms. The van der Waals surface area contributed by atoms with Crippen LogP contribution >= 0.6 is 0 Å². The van der Waals surface area contributed by atoms with Gasteiger partial charge in [0.2, 0.25) is 17.6 Å². The minimum atomic E-state index is -0.346. The molecule has 2 aliphatic rings. The zero-order chi connectivity index (χ0) is 18.4. The maximum atomic E-state index is 13.4. The van der Waals surface area contributed by atoms with Gasteiger partial charge in [-0.1, -0.05) is 41.6 Å². The lowest BCUT2D eigenvalue weighted by Crippen LogP contribution is -2.28. The highest BCUT2D eigenvalue weighted by Gasteiger charge is 2.40. The standard InChI is InChI=1S/C21H18FN3O2/c22-16-6-3-5-14(10-16)20-23-21(27-24-20)15-11-19(26)25(12-15)18-9-8-13-4-1-2-7-17(13)18/h1-7,10,15,18H,8-9,11-12H2. The fourth-order valence-electron chi connectivity index (χ4n) is 4.20. The molecule has 0 radical (unpaired) electrons. The van der Waals surface area contributed by atoms with Crippen molar-refractivity contribution in [3.05, 3.63) is 71.4 Å². The van der Waals surface area contributed by atoms with Gasteiger partial charge < -0.3 is 9.42 Å². The molecule has 1 amide bonds. The number of aromatic nitrogens is 2. The number of aryl methyl sites for hydroxylation is 1. The van der Waals surface area contributed by atoms with Crippen LogP contribution in [-0.2, 0) is 11.2 Å². The van der Waals surface area contributed by atoms with Gasteiger partial charge in [0, 0.05) is 18.5 Å². The van der Waals surface area contributed by atoms with E-state index < -0.39 is 0 Å². The maximum Gasteiger partial charge on any atom is 0.232 e. The van der Waals surface area contributed by atoms with Gasteiger partial charge in [0.15, 0.2) is 0 Å². The van der Waals surface area contributed by atoms with Crippen molar-refractivity contribution in [3.8, 4) is 11.4 Å². The number of carbonyl (C=O) groups is 1. The smallest absolute Gasteiger partial charge is 0.232 e. The van der Waals surface area contributed by atoms with E-state index in [1.807, 2.05) is 17.0 Å². The van der Waals surface area contributed by atoms with E-state index in [4.69, 9.17) is 4.52 Å². The van der Waals surface area contributed by atoms with Crippen molar-refractivity contribution < 1.29 is 13.7 Å². The second-order valence-electron chi connectivity index (χ2n) is 7.17. The number of likely N-dealkylation sites (tertiary alicyclic amines) is 1. The van der Waals surface area contributed by atoms with Gasteiger partial charge in [-0.2, -0.15) is 4.98 Å². The Bertz CT molecular complexity index is 1020. The van der Waals surface area contributed by atoms with Crippen molar-refractivity contribution in [1.82, 2.24) is 15.0 Å². The van der Waals surface area contributed by atoms with Gasteiger partial charge in [0.25, 0.3) is 0 Å². The van der Waals surface area contributed by atoms with Gasteiger partial charge in [-0.3, -0.25) is 4.79 Å². The van der Waals surface area contributed by atoms with E-state index >= 15 is 0 Å². The number of halogens is 1. The Morgan fingerprint density at radius 2 is 2.04 bits per heavy atom. The minimum absolute atomic E-state index is 0.118. The van der Waals surface area contributed by atoms with Crippen LogP contribution in [0.25, 0.3) is 11.4 Å². The van der Waals surface area contributed by atoms with Crippen molar-refractivity contribution in [2.24, 2.45) is 0 Å². The third-order valence-electron chi connectivity index (χ3n) is 5.51. The summed E-state index contributed by atoms with van der Waals surface area (Å²) >= 11 is 0. The summed E-state index contributed by atoms with van der Waals surface area (Å²) in [7, 11) is 0. The number of nitrogens with zero attached hydrogens (tertiary/aromatic N) is 3. The van der Waals surface area contributed by atoms with Gasteiger partial charge in [0.1, 0.15) is 5.82 Å². The summed E-state index contributed by atoms with van der Waals surface area (Å²) in [6.45, 7) is 0.572. The SMILES string of the molecule is O=C1CC(c2nc(-c3cccc(F)c3)no2)CN1C1CCc2ccccc21. The Hall–Kier alpha value is -3.02. The molecule has 1 aliphatic carbocycles. The minimum Gasteiger partial charge on any atom is -0.339 e. The molecular weight excluding hydrogens is 345 g/mol. The zero-order valence-corrected chi connectivity index (χ0v) is 14.6. The van der Waals surface area contributed by atoms with E-state index in [-0.39, 0.29) is 23.7 Å². The zero-order valence-electron chi connectivity index (χ0n) is 14.6. The molecule has 27 heavy (non-hydrogen) atoms. The van der Waals surface area contributed by atoms with E-state index in [2.05, 4.69) is 22.3 Å². The molecule has 1 aromatic heterocycles. The third kappa shape index (κ3) is 2.81.